The Morgan fingerprint density at radius 2 is 1.88 bits per heavy atom. The Labute approximate surface area is 233 Å². The minimum absolute atomic E-state index is 0.0239. The third-order valence-electron chi connectivity index (χ3n) is 9.28. The number of carbonyl (C=O) groups is 2. The molecule has 4 aliphatic rings. The lowest BCUT2D eigenvalue weighted by Gasteiger charge is -2.57. The molecule has 210 valence electrons. The lowest BCUT2D eigenvalue weighted by molar-refractivity contribution is -0.118. The Kier molecular flexibility index (Phi) is 6.72. The maximum absolute atomic E-state index is 12.9. The fourth-order valence-electron chi connectivity index (χ4n) is 6.75. The van der Waals surface area contributed by atoms with Crippen LogP contribution in [0.4, 0.5) is 11.6 Å². The minimum Gasteiger partial charge on any atom is -0.481 e. The number of ether oxygens (including phenoxy) is 3. The van der Waals surface area contributed by atoms with Crippen molar-refractivity contribution < 1.29 is 23.8 Å². The Bertz CT molecular complexity index is 1450. The summed E-state index contributed by atoms with van der Waals surface area (Å²) in [5.41, 5.74) is 3.08. The molecule has 3 aromatic heterocycles. The molecule has 0 radical (unpaired) electrons. The molecule has 10 heteroatoms. The summed E-state index contributed by atoms with van der Waals surface area (Å²) in [6.07, 6.45) is 9.85. The summed E-state index contributed by atoms with van der Waals surface area (Å²) in [5.74, 6) is 1.91. The van der Waals surface area contributed by atoms with Crippen LogP contribution in [0.2, 0.25) is 0 Å². The van der Waals surface area contributed by atoms with Gasteiger partial charge in [0, 0.05) is 24.8 Å². The summed E-state index contributed by atoms with van der Waals surface area (Å²) in [4.78, 5) is 40.9. The monoisotopic (exact) mass is 545 g/mol. The first kappa shape index (κ1) is 26.3. The first-order valence-corrected chi connectivity index (χ1v) is 14.0. The van der Waals surface area contributed by atoms with Gasteiger partial charge in [-0.2, -0.15) is 0 Å². The van der Waals surface area contributed by atoms with Gasteiger partial charge < -0.3 is 24.4 Å². The highest BCUT2D eigenvalue weighted by Gasteiger charge is 2.50. The van der Waals surface area contributed by atoms with Crippen LogP contribution in [0.25, 0.3) is 11.0 Å². The maximum Gasteiger partial charge on any atom is 0.340 e. The highest BCUT2D eigenvalue weighted by atomic mass is 16.5. The van der Waals surface area contributed by atoms with Crippen LogP contribution in [0.3, 0.4) is 0 Å². The lowest BCUT2D eigenvalue weighted by Crippen LogP contribution is -2.56. The molecule has 10 nitrogen and oxygen atoms in total. The average molecular weight is 546 g/mol. The molecule has 1 amide bonds. The fourth-order valence-corrected chi connectivity index (χ4v) is 6.75. The van der Waals surface area contributed by atoms with Crippen molar-refractivity contribution in [2.75, 3.05) is 37.6 Å². The van der Waals surface area contributed by atoms with Crippen LogP contribution in [0.15, 0.2) is 30.5 Å². The van der Waals surface area contributed by atoms with Gasteiger partial charge in [-0.1, -0.05) is 0 Å². The van der Waals surface area contributed by atoms with Crippen molar-refractivity contribution in [2.45, 2.75) is 63.8 Å². The zero-order valence-corrected chi connectivity index (χ0v) is 23.3. The van der Waals surface area contributed by atoms with Crippen molar-refractivity contribution in [3.05, 3.63) is 41.6 Å². The Morgan fingerprint density at radius 1 is 1.10 bits per heavy atom. The van der Waals surface area contributed by atoms with Gasteiger partial charge in [0.1, 0.15) is 5.82 Å². The molecule has 0 atom stereocenters. The van der Waals surface area contributed by atoms with Gasteiger partial charge in [0.2, 0.25) is 5.88 Å². The largest absolute Gasteiger partial charge is 0.481 e. The van der Waals surface area contributed by atoms with Crippen LogP contribution in [-0.2, 0) is 16.0 Å². The van der Waals surface area contributed by atoms with Gasteiger partial charge in [0.25, 0.3) is 5.91 Å². The number of pyridine rings is 3. The predicted octanol–water partition coefficient (Wildman–Crippen LogP) is 4.70. The smallest absolute Gasteiger partial charge is 0.340 e. The number of fused-ring (bicyclic) bond motifs is 5. The summed E-state index contributed by atoms with van der Waals surface area (Å²) in [6, 6.07) is 7.55. The van der Waals surface area contributed by atoms with Crippen molar-refractivity contribution in [3.63, 3.8) is 0 Å². The Hall–Kier alpha value is -3.95. The number of carbonyl (C=O) groups excluding carboxylic acids is 2. The number of methoxy groups -OCH3 is 1. The molecule has 0 unspecified atom stereocenters. The number of nitrogens with zero attached hydrogens (tertiary/aromatic N) is 4. The molecule has 4 heterocycles. The van der Waals surface area contributed by atoms with Crippen LogP contribution in [0, 0.1) is 5.41 Å². The van der Waals surface area contributed by atoms with E-state index in [1.165, 1.54) is 0 Å². The first-order valence-electron chi connectivity index (χ1n) is 14.0. The highest BCUT2D eigenvalue weighted by Crippen LogP contribution is 2.57. The number of hydrogen-bond donors (Lipinski definition) is 1. The second kappa shape index (κ2) is 10.2. The highest BCUT2D eigenvalue weighted by molar-refractivity contribution is 5.96. The number of hydrogen-bond acceptors (Lipinski definition) is 9. The van der Waals surface area contributed by atoms with Gasteiger partial charge in [-0.05, 0) is 87.5 Å². The number of aryl methyl sites for hydroxylation is 1. The molecule has 1 N–H and O–H groups in total. The van der Waals surface area contributed by atoms with Gasteiger partial charge in [-0.15, -0.1) is 0 Å². The van der Waals surface area contributed by atoms with Gasteiger partial charge in [0.15, 0.2) is 18.2 Å². The molecular weight excluding hydrogens is 510 g/mol. The van der Waals surface area contributed by atoms with E-state index >= 15 is 0 Å². The van der Waals surface area contributed by atoms with Crippen LogP contribution < -0.4 is 19.7 Å². The second-order valence-corrected chi connectivity index (χ2v) is 11.2. The number of aromatic nitrogens is 3. The third-order valence-corrected chi connectivity index (χ3v) is 9.28. The van der Waals surface area contributed by atoms with E-state index < -0.39 is 0 Å². The Balaban J connectivity index is 1.21. The first-order chi connectivity index (χ1) is 19.4. The molecular formula is C30H35N5O5. The lowest BCUT2D eigenvalue weighted by atomic mass is 9.55. The maximum atomic E-state index is 12.9. The zero-order valence-electron chi connectivity index (χ0n) is 23.3. The topological polar surface area (TPSA) is 116 Å². The van der Waals surface area contributed by atoms with Gasteiger partial charge in [0.05, 0.1) is 30.3 Å². The van der Waals surface area contributed by atoms with E-state index in [1.54, 1.807) is 19.4 Å². The molecule has 7 rings (SSSR count). The molecule has 0 aromatic carbocycles. The van der Waals surface area contributed by atoms with E-state index in [0.29, 0.717) is 35.1 Å². The van der Waals surface area contributed by atoms with Gasteiger partial charge in [-0.25, -0.2) is 14.8 Å². The standard InChI is InChI=1S/C30H35N5O5/c1-4-39-28(37)20-17-31-21-5-8-25(38-3)34-26(21)19(20)9-10-29-11-14-30(15-12-29,16-13-29)35(2)23-7-6-22-27(32-23)33-24(36)18-40-22/h5-8,17H,4,9-16,18H2,1-3H3,(H,32,33,36). The molecule has 3 saturated carbocycles. The minimum atomic E-state index is -0.360. The fraction of sp³-hybridized carbons (Fsp3) is 0.500. The molecule has 2 bridgehead atoms. The molecule has 3 aliphatic carbocycles. The third kappa shape index (κ3) is 4.59. The second-order valence-electron chi connectivity index (χ2n) is 11.2. The molecule has 0 saturated heterocycles. The van der Waals surface area contributed by atoms with Gasteiger partial charge >= 0.3 is 5.97 Å². The van der Waals surface area contributed by atoms with E-state index in [9.17, 15) is 9.59 Å². The molecule has 3 fully saturated rings. The molecule has 1 aliphatic heterocycles. The predicted molar refractivity (Wildman–Crippen MR) is 150 cm³/mol. The van der Waals surface area contributed by atoms with E-state index in [0.717, 1.165) is 68.3 Å². The normalized spacial score (nSPS) is 23.2. The number of rotatable bonds is 8. The summed E-state index contributed by atoms with van der Waals surface area (Å²) in [7, 11) is 3.71. The molecule has 0 spiro atoms. The van der Waals surface area contributed by atoms with Crippen molar-refractivity contribution >= 4 is 34.5 Å². The SMILES string of the molecule is CCOC(=O)c1cnc2ccc(OC)nc2c1CCC12CCC(N(C)c3ccc4c(n3)NC(=O)CO4)(CC1)CC2. The van der Waals surface area contributed by atoms with E-state index in [-0.39, 0.29) is 29.4 Å². The number of nitrogens with one attached hydrogen (secondary N) is 1. The van der Waals surface area contributed by atoms with Crippen molar-refractivity contribution in [2.24, 2.45) is 5.41 Å². The quantitative estimate of drug-likeness (QED) is 0.402. The van der Waals surface area contributed by atoms with Crippen LogP contribution in [0.5, 0.6) is 11.6 Å². The van der Waals surface area contributed by atoms with Crippen LogP contribution >= 0.6 is 0 Å². The Morgan fingerprint density at radius 3 is 2.60 bits per heavy atom. The zero-order chi connectivity index (χ0) is 27.9. The number of anilines is 2. The van der Waals surface area contributed by atoms with E-state index in [2.05, 4.69) is 27.2 Å². The van der Waals surface area contributed by atoms with E-state index in [4.69, 9.17) is 19.2 Å². The van der Waals surface area contributed by atoms with Crippen molar-refractivity contribution in [3.8, 4) is 11.6 Å². The molecule has 3 aromatic rings. The van der Waals surface area contributed by atoms with Crippen molar-refractivity contribution in [1.29, 1.82) is 0 Å². The molecule has 40 heavy (non-hydrogen) atoms. The van der Waals surface area contributed by atoms with Crippen LogP contribution in [0.1, 0.15) is 67.8 Å². The average Bonchev–Trinajstić information content (AvgIpc) is 2.99. The summed E-state index contributed by atoms with van der Waals surface area (Å²) in [5, 5.41) is 2.82. The summed E-state index contributed by atoms with van der Waals surface area (Å²) < 4.78 is 16.2. The number of esters is 1. The number of amides is 1. The van der Waals surface area contributed by atoms with Crippen LogP contribution in [-0.4, -0.2) is 59.7 Å². The van der Waals surface area contributed by atoms with Crippen molar-refractivity contribution in [1.82, 2.24) is 15.0 Å². The summed E-state index contributed by atoms with van der Waals surface area (Å²) >= 11 is 0. The van der Waals surface area contributed by atoms with Gasteiger partial charge in [-0.3, -0.25) is 9.78 Å². The summed E-state index contributed by atoms with van der Waals surface area (Å²) in [6.45, 7) is 2.14. The van der Waals surface area contributed by atoms with E-state index in [1.807, 2.05) is 25.1 Å².